The third kappa shape index (κ3) is 3.89. The molecule has 0 unspecified atom stereocenters. The molecule has 0 aliphatic rings. The highest BCUT2D eigenvalue weighted by atomic mass is 16.2. The molecule has 4 aromatic rings. The van der Waals surface area contributed by atoms with Crippen molar-refractivity contribution in [2.24, 2.45) is 5.10 Å². The van der Waals surface area contributed by atoms with E-state index in [2.05, 4.69) is 15.5 Å². The maximum absolute atomic E-state index is 13.0. The Morgan fingerprint density at radius 3 is 2.59 bits per heavy atom. The van der Waals surface area contributed by atoms with Crippen LogP contribution in [-0.4, -0.2) is 21.6 Å². The van der Waals surface area contributed by atoms with Gasteiger partial charge in [0.05, 0.1) is 22.5 Å². The summed E-state index contributed by atoms with van der Waals surface area (Å²) >= 11 is 0. The fourth-order valence-electron chi connectivity index (χ4n) is 3.20. The summed E-state index contributed by atoms with van der Waals surface area (Å²) in [5, 5.41) is 5.04. The quantitative estimate of drug-likeness (QED) is 0.410. The maximum atomic E-state index is 13.0. The van der Waals surface area contributed by atoms with Gasteiger partial charge in [0.2, 0.25) is 0 Å². The number of hydrogen-bond donors (Lipinski definition) is 1. The fraction of sp³-hybridized carbons (Fsp3) is 0.0833. The minimum absolute atomic E-state index is 0.276. The molecule has 5 nitrogen and oxygen atoms in total. The van der Waals surface area contributed by atoms with Crippen LogP contribution in [0.2, 0.25) is 0 Å². The minimum atomic E-state index is -0.276. The lowest BCUT2D eigenvalue weighted by Gasteiger charge is -2.11. The summed E-state index contributed by atoms with van der Waals surface area (Å²) in [6.45, 7) is 3.87. The number of carbonyl (C=O) groups is 1. The Balaban J connectivity index is 1.74. The Kier molecular flexibility index (Phi) is 5.12. The number of nitrogens with one attached hydrogen (secondary N) is 1. The summed E-state index contributed by atoms with van der Waals surface area (Å²) in [4.78, 5) is 21.9. The third-order valence-corrected chi connectivity index (χ3v) is 4.79. The van der Waals surface area contributed by atoms with Gasteiger partial charge in [0.1, 0.15) is 0 Å². The molecule has 2 heterocycles. The topological polar surface area (TPSA) is 67.2 Å². The summed E-state index contributed by atoms with van der Waals surface area (Å²) in [7, 11) is 0. The Morgan fingerprint density at radius 1 is 1.00 bits per heavy atom. The Hall–Kier alpha value is -3.86. The van der Waals surface area contributed by atoms with Crippen molar-refractivity contribution in [3.63, 3.8) is 0 Å². The summed E-state index contributed by atoms with van der Waals surface area (Å²) < 4.78 is 0. The highest BCUT2D eigenvalue weighted by molar-refractivity contribution is 6.08. The molecule has 2 aromatic heterocycles. The van der Waals surface area contributed by atoms with E-state index in [-0.39, 0.29) is 5.91 Å². The van der Waals surface area contributed by atoms with Crippen LogP contribution in [0.25, 0.3) is 22.2 Å². The van der Waals surface area contributed by atoms with E-state index < -0.39 is 0 Å². The average Bonchev–Trinajstić information content (AvgIpc) is 2.77. The van der Waals surface area contributed by atoms with Crippen molar-refractivity contribution in [2.75, 3.05) is 0 Å². The minimum Gasteiger partial charge on any atom is -0.267 e. The highest BCUT2D eigenvalue weighted by Crippen LogP contribution is 2.27. The van der Waals surface area contributed by atoms with Gasteiger partial charge < -0.3 is 0 Å². The predicted octanol–water partition coefficient (Wildman–Crippen LogP) is 4.76. The van der Waals surface area contributed by atoms with Gasteiger partial charge in [-0.15, -0.1) is 0 Å². The van der Waals surface area contributed by atoms with E-state index in [1.807, 2.05) is 80.6 Å². The normalized spacial score (nSPS) is 11.4. The van der Waals surface area contributed by atoms with E-state index in [1.54, 1.807) is 12.4 Å². The number of nitrogens with zero attached hydrogens (tertiary/aromatic N) is 3. The fourth-order valence-corrected chi connectivity index (χ4v) is 3.20. The first kappa shape index (κ1) is 18.5. The largest absolute Gasteiger partial charge is 0.272 e. The number of pyridine rings is 2. The Bertz CT molecular complexity index is 1220. The molecule has 0 bridgehead atoms. The van der Waals surface area contributed by atoms with Crippen molar-refractivity contribution in [1.29, 1.82) is 0 Å². The van der Waals surface area contributed by atoms with Gasteiger partial charge >= 0.3 is 0 Å². The number of para-hydroxylation sites is 1. The van der Waals surface area contributed by atoms with Crippen LogP contribution in [-0.2, 0) is 0 Å². The molecule has 142 valence electrons. The smallest absolute Gasteiger partial charge is 0.267 e. The Morgan fingerprint density at radius 2 is 1.79 bits per heavy atom. The summed E-state index contributed by atoms with van der Waals surface area (Å²) in [5.74, 6) is -0.276. The molecule has 0 fully saturated rings. The van der Waals surface area contributed by atoms with Crippen molar-refractivity contribution in [2.45, 2.75) is 13.8 Å². The van der Waals surface area contributed by atoms with Crippen molar-refractivity contribution >= 4 is 22.5 Å². The number of benzene rings is 2. The number of rotatable bonds is 4. The lowest BCUT2D eigenvalue weighted by Crippen LogP contribution is -2.20. The number of hydrazone groups is 1. The second-order valence-electron chi connectivity index (χ2n) is 6.77. The molecule has 2 aromatic carbocycles. The van der Waals surface area contributed by atoms with Crippen LogP contribution in [0, 0.1) is 6.92 Å². The van der Waals surface area contributed by atoms with Crippen LogP contribution in [0.5, 0.6) is 0 Å². The van der Waals surface area contributed by atoms with Gasteiger partial charge in [-0.1, -0.05) is 48.5 Å². The van der Waals surface area contributed by atoms with E-state index in [0.717, 1.165) is 33.3 Å². The molecule has 5 heteroatoms. The number of fused-ring (bicyclic) bond motifs is 1. The zero-order valence-electron chi connectivity index (χ0n) is 16.3. The van der Waals surface area contributed by atoms with Gasteiger partial charge in [-0.3, -0.25) is 9.78 Å². The zero-order valence-corrected chi connectivity index (χ0v) is 16.3. The molecule has 0 spiro atoms. The predicted molar refractivity (Wildman–Crippen MR) is 116 cm³/mol. The molecule has 4 rings (SSSR count). The van der Waals surface area contributed by atoms with Crippen LogP contribution in [0.3, 0.4) is 0 Å². The second kappa shape index (κ2) is 8.02. The van der Waals surface area contributed by atoms with Crippen molar-refractivity contribution in [3.05, 3.63) is 95.8 Å². The van der Waals surface area contributed by atoms with Gasteiger partial charge in [-0.25, -0.2) is 10.4 Å². The van der Waals surface area contributed by atoms with Crippen molar-refractivity contribution < 1.29 is 4.79 Å². The van der Waals surface area contributed by atoms with E-state index in [4.69, 9.17) is 4.98 Å². The summed E-state index contributed by atoms with van der Waals surface area (Å²) in [6, 6.07) is 21.2. The van der Waals surface area contributed by atoms with Crippen LogP contribution in [0.4, 0.5) is 0 Å². The van der Waals surface area contributed by atoms with Crippen LogP contribution >= 0.6 is 0 Å². The SMILES string of the molecule is C/C(=N/NC(=O)c1cc(-c2ccccc2C)nc2ccccc12)c1cccnc1. The number of carbonyl (C=O) groups excluding carboxylic acids is 1. The second-order valence-corrected chi connectivity index (χ2v) is 6.77. The first-order valence-electron chi connectivity index (χ1n) is 9.34. The van der Waals surface area contributed by atoms with Gasteiger partial charge in [0, 0.05) is 28.9 Å². The monoisotopic (exact) mass is 380 g/mol. The van der Waals surface area contributed by atoms with Crippen molar-refractivity contribution in [1.82, 2.24) is 15.4 Å². The number of amides is 1. The number of aryl methyl sites for hydroxylation is 1. The standard InChI is InChI=1S/C24H20N4O/c1-16-8-3-4-10-19(16)23-14-21(20-11-5-6-12-22(20)26-23)24(29)28-27-17(2)18-9-7-13-25-15-18/h3-15H,1-2H3,(H,28,29)/b27-17-. The molecular weight excluding hydrogens is 360 g/mol. The van der Waals surface area contributed by atoms with Crippen molar-refractivity contribution in [3.8, 4) is 11.3 Å². The maximum Gasteiger partial charge on any atom is 0.272 e. The first-order valence-corrected chi connectivity index (χ1v) is 9.34. The van der Waals surface area contributed by atoms with E-state index >= 15 is 0 Å². The summed E-state index contributed by atoms with van der Waals surface area (Å²) in [6.07, 6.45) is 3.41. The summed E-state index contributed by atoms with van der Waals surface area (Å²) in [5.41, 5.74) is 8.39. The lowest BCUT2D eigenvalue weighted by molar-refractivity contribution is 0.0956. The van der Waals surface area contributed by atoms with Gasteiger partial charge in [0.25, 0.3) is 5.91 Å². The molecule has 0 saturated heterocycles. The number of hydrogen-bond acceptors (Lipinski definition) is 4. The van der Waals surface area contributed by atoms with Crippen LogP contribution in [0.15, 0.2) is 84.2 Å². The lowest BCUT2D eigenvalue weighted by atomic mass is 10.0. The van der Waals surface area contributed by atoms with E-state index in [1.165, 1.54) is 0 Å². The van der Waals surface area contributed by atoms with Gasteiger partial charge in [-0.05, 0) is 37.6 Å². The van der Waals surface area contributed by atoms with Crippen LogP contribution < -0.4 is 5.43 Å². The zero-order chi connectivity index (χ0) is 20.2. The molecule has 0 aliphatic carbocycles. The molecule has 0 aliphatic heterocycles. The third-order valence-electron chi connectivity index (χ3n) is 4.79. The van der Waals surface area contributed by atoms with Gasteiger partial charge in [-0.2, -0.15) is 5.10 Å². The van der Waals surface area contributed by atoms with Gasteiger partial charge in [0.15, 0.2) is 0 Å². The molecule has 29 heavy (non-hydrogen) atoms. The van der Waals surface area contributed by atoms with E-state index in [0.29, 0.717) is 11.3 Å². The van der Waals surface area contributed by atoms with E-state index in [9.17, 15) is 4.79 Å². The average molecular weight is 380 g/mol. The Labute approximate surface area is 169 Å². The number of aromatic nitrogens is 2. The van der Waals surface area contributed by atoms with Crippen LogP contribution in [0.1, 0.15) is 28.4 Å². The molecule has 1 N–H and O–H groups in total. The molecule has 1 amide bonds. The molecule has 0 radical (unpaired) electrons. The molecule has 0 saturated carbocycles. The highest BCUT2D eigenvalue weighted by Gasteiger charge is 2.14. The first-order chi connectivity index (χ1) is 14.1. The molecule has 0 atom stereocenters. The molecular formula is C24H20N4O.